The quantitative estimate of drug-likeness (QED) is 0.665. The zero-order chi connectivity index (χ0) is 15.1. The van der Waals surface area contributed by atoms with Gasteiger partial charge in [-0.3, -0.25) is 14.3 Å². The summed E-state index contributed by atoms with van der Waals surface area (Å²) in [4.78, 5) is 22.6. The average Bonchev–Trinajstić information content (AvgIpc) is 2.81. The molecule has 0 radical (unpaired) electrons. The van der Waals surface area contributed by atoms with E-state index in [0.29, 0.717) is 31.5 Å². The van der Waals surface area contributed by atoms with Crippen molar-refractivity contribution in [3.8, 4) is 0 Å². The molecule has 0 aliphatic carbocycles. The minimum atomic E-state index is -0.389. The molecule has 0 saturated heterocycles. The fourth-order valence-electron chi connectivity index (χ4n) is 1.83. The summed E-state index contributed by atoms with van der Waals surface area (Å²) < 4.78 is 1.64. The number of nitrogens with one attached hydrogen (secondary N) is 1. The number of nitrogens with two attached hydrogens (primary N) is 1. The number of carbonyl (C=O) groups excluding carboxylic acids is 2. The van der Waals surface area contributed by atoms with Gasteiger partial charge in [-0.15, -0.1) is 5.10 Å². The highest BCUT2D eigenvalue weighted by atomic mass is 16.1. The molecule has 3 N–H and O–H groups in total. The van der Waals surface area contributed by atoms with E-state index >= 15 is 0 Å². The molecule has 20 heavy (non-hydrogen) atoms. The van der Waals surface area contributed by atoms with Crippen molar-refractivity contribution in [3.63, 3.8) is 0 Å². The molecule has 112 valence electrons. The number of hydrogen-bond donors (Lipinski definition) is 2. The van der Waals surface area contributed by atoms with Crippen LogP contribution in [0.1, 0.15) is 39.3 Å². The lowest BCUT2D eigenvalue weighted by atomic mass is 10.1. The first-order valence-electron chi connectivity index (χ1n) is 6.88. The Kier molecular flexibility index (Phi) is 6.30. The van der Waals surface area contributed by atoms with Crippen molar-refractivity contribution in [2.75, 3.05) is 0 Å². The van der Waals surface area contributed by atoms with Gasteiger partial charge in [-0.05, 0) is 6.42 Å². The Bertz CT molecular complexity index is 455. The summed E-state index contributed by atoms with van der Waals surface area (Å²) in [7, 11) is 0. The number of Topliss-reactive ketones (excluding diaryl/α,β-unsaturated/α-hetero) is 1. The molecule has 0 saturated carbocycles. The highest BCUT2D eigenvalue weighted by Crippen LogP contribution is 2.01. The van der Waals surface area contributed by atoms with Crippen LogP contribution in [-0.2, 0) is 22.6 Å². The van der Waals surface area contributed by atoms with E-state index in [1.807, 2.05) is 20.8 Å². The highest BCUT2D eigenvalue weighted by molar-refractivity contribution is 5.80. The number of ketones is 1. The monoisotopic (exact) mass is 281 g/mol. The Labute approximate surface area is 118 Å². The topological polar surface area (TPSA) is 103 Å². The highest BCUT2D eigenvalue weighted by Gasteiger charge is 2.16. The maximum absolute atomic E-state index is 11.3. The number of carbonyl (C=O) groups is 2. The lowest BCUT2D eigenvalue weighted by molar-refractivity contribution is -0.120. The van der Waals surface area contributed by atoms with Crippen molar-refractivity contribution in [2.24, 2.45) is 5.73 Å². The summed E-state index contributed by atoms with van der Waals surface area (Å²) in [6, 6.07) is -0.207. The molecule has 1 atom stereocenters. The fraction of sp³-hybridized carbons (Fsp3) is 0.692. The van der Waals surface area contributed by atoms with Gasteiger partial charge in [0.05, 0.1) is 18.2 Å². The largest absolute Gasteiger partial charge is 0.368 e. The van der Waals surface area contributed by atoms with Gasteiger partial charge in [0.2, 0.25) is 5.91 Å². The number of rotatable bonds is 9. The van der Waals surface area contributed by atoms with Crippen molar-refractivity contribution in [1.82, 2.24) is 20.3 Å². The number of hydrogen-bond acceptors (Lipinski definition) is 5. The Balaban J connectivity index is 2.51. The van der Waals surface area contributed by atoms with Gasteiger partial charge in [-0.2, -0.15) is 0 Å². The molecule has 1 unspecified atom stereocenters. The third kappa shape index (κ3) is 5.48. The molecule has 0 aliphatic heterocycles. The molecule has 0 bridgehead atoms. The van der Waals surface area contributed by atoms with Gasteiger partial charge in [0.1, 0.15) is 5.78 Å². The number of aryl methyl sites for hydroxylation is 1. The lowest BCUT2D eigenvalue weighted by Gasteiger charge is -2.17. The van der Waals surface area contributed by atoms with Crippen LogP contribution in [0.5, 0.6) is 0 Å². The fourth-order valence-corrected chi connectivity index (χ4v) is 1.83. The van der Waals surface area contributed by atoms with Crippen molar-refractivity contribution >= 4 is 11.7 Å². The summed E-state index contributed by atoms with van der Waals surface area (Å²) in [6.45, 7) is 6.27. The molecule has 7 nitrogen and oxygen atoms in total. The molecule has 0 aliphatic rings. The molecular weight excluding hydrogens is 258 g/mol. The maximum atomic E-state index is 11.3. The molecule has 0 aromatic carbocycles. The summed E-state index contributed by atoms with van der Waals surface area (Å²) >= 11 is 0. The van der Waals surface area contributed by atoms with Crippen LogP contribution in [0.3, 0.4) is 0 Å². The predicted octanol–water partition coefficient (Wildman–Crippen LogP) is 0.0417. The van der Waals surface area contributed by atoms with Crippen molar-refractivity contribution in [1.29, 1.82) is 0 Å². The normalized spacial score (nSPS) is 12.6. The number of nitrogens with zero attached hydrogens (tertiary/aromatic N) is 3. The van der Waals surface area contributed by atoms with Crippen molar-refractivity contribution in [3.05, 3.63) is 11.9 Å². The second kappa shape index (κ2) is 7.74. The Morgan fingerprint density at radius 1 is 1.45 bits per heavy atom. The number of amides is 1. The van der Waals surface area contributed by atoms with E-state index in [0.717, 1.165) is 0 Å². The van der Waals surface area contributed by atoms with E-state index in [1.54, 1.807) is 10.9 Å². The second-order valence-electron chi connectivity index (χ2n) is 5.11. The summed E-state index contributed by atoms with van der Waals surface area (Å²) in [5, 5.41) is 11.0. The summed E-state index contributed by atoms with van der Waals surface area (Å²) in [5.74, 6) is -0.242. The number of primary amides is 1. The minimum absolute atomic E-state index is 0.133. The van der Waals surface area contributed by atoms with Crippen molar-refractivity contribution in [2.45, 2.75) is 58.7 Å². The summed E-state index contributed by atoms with van der Waals surface area (Å²) in [6.07, 6.45) is 3.08. The molecule has 1 amide bonds. The van der Waals surface area contributed by atoms with Crippen LogP contribution in [-0.4, -0.2) is 38.8 Å². The zero-order valence-electron chi connectivity index (χ0n) is 12.3. The minimum Gasteiger partial charge on any atom is -0.368 e. The molecule has 1 rings (SSSR count). The van der Waals surface area contributed by atoms with Crippen LogP contribution in [0.2, 0.25) is 0 Å². The van der Waals surface area contributed by atoms with Crippen molar-refractivity contribution < 1.29 is 9.59 Å². The van der Waals surface area contributed by atoms with E-state index in [4.69, 9.17) is 5.73 Å². The average molecular weight is 281 g/mol. The maximum Gasteiger partial charge on any atom is 0.234 e. The number of aromatic nitrogens is 3. The van der Waals surface area contributed by atoms with Gasteiger partial charge in [0, 0.05) is 25.2 Å². The van der Waals surface area contributed by atoms with Crippen LogP contribution in [0.15, 0.2) is 6.20 Å². The zero-order valence-corrected chi connectivity index (χ0v) is 12.3. The van der Waals surface area contributed by atoms with Gasteiger partial charge in [0.25, 0.3) is 0 Å². The Morgan fingerprint density at radius 3 is 2.70 bits per heavy atom. The molecule has 7 heteroatoms. The second-order valence-corrected chi connectivity index (χ2v) is 5.11. The van der Waals surface area contributed by atoms with E-state index in [-0.39, 0.29) is 23.8 Å². The standard InChI is InChI=1S/C13H23N5O2/c1-4-11(19)7-10-8-18(17-16-10)6-5-12(13(14)20)15-9(2)3/h8-9,12,15H,4-7H2,1-3H3,(H2,14,20). The van der Waals surface area contributed by atoms with E-state index in [1.165, 1.54) is 0 Å². The first-order valence-corrected chi connectivity index (χ1v) is 6.88. The Hall–Kier alpha value is -1.76. The van der Waals surface area contributed by atoms with Crippen LogP contribution < -0.4 is 11.1 Å². The predicted molar refractivity (Wildman–Crippen MR) is 74.9 cm³/mol. The van der Waals surface area contributed by atoms with E-state index < -0.39 is 0 Å². The Morgan fingerprint density at radius 2 is 2.15 bits per heavy atom. The van der Waals surface area contributed by atoms with Crippen LogP contribution in [0.25, 0.3) is 0 Å². The van der Waals surface area contributed by atoms with E-state index in [2.05, 4.69) is 15.6 Å². The van der Waals surface area contributed by atoms with Crippen LogP contribution >= 0.6 is 0 Å². The third-order valence-corrected chi connectivity index (χ3v) is 2.88. The van der Waals surface area contributed by atoms with Crippen LogP contribution in [0, 0.1) is 0 Å². The SMILES string of the molecule is CCC(=O)Cc1cn(CCC(NC(C)C)C(N)=O)nn1. The smallest absolute Gasteiger partial charge is 0.234 e. The lowest BCUT2D eigenvalue weighted by Crippen LogP contribution is -2.45. The molecular formula is C13H23N5O2. The third-order valence-electron chi connectivity index (χ3n) is 2.88. The summed E-state index contributed by atoms with van der Waals surface area (Å²) in [5.41, 5.74) is 6.00. The van der Waals surface area contributed by atoms with Gasteiger partial charge in [-0.25, -0.2) is 0 Å². The molecule has 1 aromatic rings. The van der Waals surface area contributed by atoms with E-state index in [9.17, 15) is 9.59 Å². The molecule has 1 heterocycles. The van der Waals surface area contributed by atoms with Crippen LogP contribution in [0.4, 0.5) is 0 Å². The van der Waals surface area contributed by atoms with Gasteiger partial charge >= 0.3 is 0 Å². The molecule has 0 fully saturated rings. The first kappa shape index (κ1) is 16.3. The van der Waals surface area contributed by atoms with Gasteiger partial charge in [0.15, 0.2) is 0 Å². The molecule has 1 aromatic heterocycles. The van der Waals surface area contributed by atoms with Gasteiger partial charge in [-0.1, -0.05) is 26.0 Å². The first-order chi connectivity index (χ1) is 9.42. The van der Waals surface area contributed by atoms with Gasteiger partial charge < -0.3 is 11.1 Å². The molecule has 0 spiro atoms.